The first kappa shape index (κ1) is 25.1. The number of halogens is 4. The number of hydrogen-bond acceptors (Lipinski definition) is 4. The Bertz CT molecular complexity index is 769. The summed E-state index contributed by atoms with van der Waals surface area (Å²) in [5.74, 6) is 1.48. The van der Waals surface area contributed by atoms with Crippen LogP contribution in [0.15, 0.2) is 28.8 Å². The molecule has 0 saturated heterocycles. The molecular formula is C19H25Cl4N3O2. The molecule has 1 fully saturated rings. The molecule has 1 aromatic carbocycles. The number of amides is 1. The molecule has 1 heterocycles. The van der Waals surface area contributed by atoms with Crippen molar-refractivity contribution in [2.24, 2.45) is 11.7 Å². The van der Waals surface area contributed by atoms with E-state index in [1.54, 1.807) is 24.4 Å². The molecule has 1 aliphatic rings. The fraction of sp³-hybridized carbons (Fsp3) is 0.474. The van der Waals surface area contributed by atoms with Gasteiger partial charge in [-0.05, 0) is 43.5 Å². The lowest BCUT2D eigenvalue weighted by Crippen LogP contribution is -2.44. The molecule has 1 aromatic heterocycles. The van der Waals surface area contributed by atoms with Crippen molar-refractivity contribution in [3.8, 4) is 11.3 Å². The second-order valence-corrected chi connectivity index (χ2v) is 7.54. The first-order chi connectivity index (χ1) is 12.6. The van der Waals surface area contributed by atoms with Crippen molar-refractivity contribution >= 4 is 53.9 Å². The first-order valence-corrected chi connectivity index (χ1v) is 9.72. The fourth-order valence-electron chi connectivity index (χ4n) is 3.42. The minimum Gasteiger partial charge on any atom is -0.441 e. The molecule has 1 aliphatic carbocycles. The van der Waals surface area contributed by atoms with Crippen molar-refractivity contribution in [2.75, 3.05) is 6.54 Å². The molecule has 0 radical (unpaired) electrons. The van der Waals surface area contributed by atoms with Crippen molar-refractivity contribution in [2.45, 2.75) is 44.6 Å². The molecule has 1 saturated carbocycles. The van der Waals surface area contributed by atoms with Crippen molar-refractivity contribution < 1.29 is 9.21 Å². The second-order valence-electron chi connectivity index (χ2n) is 6.70. The Balaban J connectivity index is 0.00000196. The molecule has 2 unspecified atom stereocenters. The Morgan fingerprint density at radius 2 is 2.00 bits per heavy atom. The average molecular weight is 469 g/mol. The summed E-state index contributed by atoms with van der Waals surface area (Å²) in [6.07, 6.45) is 6.83. The highest BCUT2D eigenvalue weighted by molar-refractivity contribution is 6.36. The van der Waals surface area contributed by atoms with Crippen LogP contribution in [0.1, 0.15) is 38.0 Å². The molecular weight excluding hydrogens is 444 g/mol. The van der Waals surface area contributed by atoms with Gasteiger partial charge in [-0.1, -0.05) is 36.0 Å². The Hall–Kier alpha value is -0.980. The monoisotopic (exact) mass is 467 g/mol. The lowest BCUT2D eigenvalue weighted by Gasteiger charge is -2.31. The van der Waals surface area contributed by atoms with E-state index < -0.39 is 0 Å². The van der Waals surface area contributed by atoms with E-state index in [-0.39, 0.29) is 36.8 Å². The predicted octanol–water partition coefficient (Wildman–Crippen LogP) is 5.06. The highest BCUT2D eigenvalue weighted by Crippen LogP contribution is 2.31. The van der Waals surface area contributed by atoms with Crippen molar-refractivity contribution in [3.05, 3.63) is 40.3 Å². The number of benzene rings is 1. The number of nitrogens with two attached hydrogens (primary N) is 1. The normalized spacial score (nSPS) is 18.7. The third-order valence-electron chi connectivity index (χ3n) is 4.87. The van der Waals surface area contributed by atoms with Gasteiger partial charge in [0.25, 0.3) is 0 Å². The molecule has 9 heteroatoms. The Labute approximate surface area is 187 Å². The van der Waals surface area contributed by atoms with Gasteiger partial charge in [-0.15, -0.1) is 24.8 Å². The van der Waals surface area contributed by atoms with Crippen LogP contribution in [0.3, 0.4) is 0 Å². The van der Waals surface area contributed by atoms with E-state index in [1.165, 1.54) is 6.42 Å². The number of aryl methyl sites for hydroxylation is 1. The zero-order valence-electron chi connectivity index (χ0n) is 15.3. The summed E-state index contributed by atoms with van der Waals surface area (Å²) in [7, 11) is 0. The van der Waals surface area contributed by atoms with Crippen LogP contribution in [0.2, 0.25) is 10.0 Å². The number of aromatic nitrogens is 1. The fourth-order valence-corrected chi connectivity index (χ4v) is 3.92. The van der Waals surface area contributed by atoms with Crippen LogP contribution in [-0.2, 0) is 11.2 Å². The van der Waals surface area contributed by atoms with Gasteiger partial charge in [0.05, 0.1) is 11.2 Å². The highest BCUT2D eigenvalue weighted by Gasteiger charge is 2.25. The van der Waals surface area contributed by atoms with E-state index >= 15 is 0 Å². The van der Waals surface area contributed by atoms with Crippen LogP contribution in [0, 0.1) is 5.92 Å². The SMILES string of the molecule is Cl.Cl.NCC1CCCCC1NC(=O)CCc1ncc(-c2ccc(Cl)cc2Cl)o1. The molecule has 156 valence electrons. The van der Waals surface area contributed by atoms with Crippen LogP contribution in [0.5, 0.6) is 0 Å². The lowest BCUT2D eigenvalue weighted by molar-refractivity contribution is -0.122. The zero-order valence-corrected chi connectivity index (χ0v) is 18.5. The van der Waals surface area contributed by atoms with Gasteiger partial charge >= 0.3 is 0 Å². The van der Waals surface area contributed by atoms with Crippen molar-refractivity contribution in [1.29, 1.82) is 0 Å². The summed E-state index contributed by atoms with van der Waals surface area (Å²) in [6.45, 7) is 0.621. The van der Waals surface area contributed by atoms with E-state index in [2.05, 4.69) is 10.3 Å². The molecule has 2 atom stereocenters. The van der Waals surface area contributed by atoms with Gasteiger partial charge in [-0.25, -0.2) is 4.98 Å². The molecule has 0 bridgehead atoms. The van der Waals surface area contributed by atoms with Crippen molar-refractivity contribution in [1.82, 2.24) is 10.3 Å². The van der Waals surface area contributed by atoms with E-state index in [9.17, 15) is 4.79 Å². The van der Waals surface area contributed by atoms with Gasteiger partial charge in [-0.2, -0.15) is 0 Å². The maximum atomic E-state index is 12.3. The number of rotatable bonds is 6. The van der Waals surface area contributed by atoms with Crippen LogP contribution in [0.25, 0.3) is 11.3 Å². The van der Waals surface area contributed by atoms with E-state index in [0.29, 0.717) is 47.0 Å². The molecule has 28 heavy (non-hydrogen) atoms. The lowest BCUT2D eigenvalue weighted by atomic mass is 9.84. The number of hydrogen-bond donors (Lipinski definition) is 2. The number of oxazole rings is 1. The summed E-state index contributed by atoms with van der Waals surface area (Å²) in [6, 6.07) is 5.38. The first-order valence-electron chi connectivity index (χ1n) is 8.96. The van der Waals surface area contributed by atoms with Crippen LogP contribution < -0.4 is 11.1 Å². The minimum absolute atomic E-state index is 0. The van der Waals surface area contributed by atoms with Gasteiger partial charge in [0.2, 0.25) is 5.91 Å². The second kappa shape index (κ2) is 11.9. The van der Waals surface area contributed by atoms with Crippen LogP contribution in [0.4, 0.5) is 0 Å². The van der Waals surface area contributed by atoms with Gasteiger partial charge in [-0.3, -0.25) is 4.79 Å². The van der Waals surface area contributed by atoms with Crippen molar-refractivity contribution in [3.63, 3.8) is 0 Å². The molecule has 0 spiro atoms. The third-order valence-corrected chi connectivity index (χ3v) is 5.42. The molecule has 3 rings (SSSR count). The number of carbonyl (C=O) groups is 1. The topological polar surface area (TPSA) is 81.1 Å². The number of nitrogens with one attached hydrogen (secondary N) is 1. The standard InChI is InChI=1S/C19H23Cl2N3O2.2ClH/c20-13-5-6-14(15(21)9-13)17-11-23-19(26-17)8-7-18(25)24-16-4-2-1-3-12(16)10-22;;/h5-6,9,11-12,16H,1-4,7-8,10,22H2,(H,24,25);2*1H. The Morgan fingerprint density at radius 1 is 1.25 bits per heavy atom. The zero-order chi connectivity index (χ0) is 18.5. The van der Waals surface area contributed by atoms with E-state index in [4.69, 9.17) is 33.4 Å². The summed E-state index contributed by atoms with van der Waals surface area (Å²) < 4.78 is 5.73. The van der Waals surface area contributed by atoms with Gasteiger partial charge in [0.15, 0.2) is 11.7 Å². The third kappa shape index (κ3) is 6.53. The number of nitrogens with zero attached hydrogens (tertiary/aromatic N) is 1. The Morgan fingerprint density at radius 3 is 2.71 bits per heavy atom. The summed E-state index contributed by atoms with van der Waals surface area (Å²) in [5.41, 5.74) is 6.55. The minimum atomic E-state index is 0. The van der Waals surface area contributed by atoms with Gasteiger partial charge in [0.1, 0.15) is 0 Å². The van der Waals surface area contributed by atoms with Gasteiger partial charge < -0.3 is 15.5 Å². The molecule has 3 N–H and O–H groups in total. The van der Waals surface area contributed by atoms with Gasteiger partial charge in [0, 0.05) is 29.5 Å². The van der Waals surface area contributed by atoms with Crippen LogP contribution >= 0.6 is 48.0 Å². The molecule has 0 aliphatic heterocycles. The Kier molecular flexibility index (Phi) is 10.6. The quantitative estimate of drug-likeness (QED) is 0.620. The summed E-state index contributed by atoms with van der Waals surface area (Å²) in [5, 5.41) is 4.19. The molecule has 5 nitrogen and oxygen atoms in total. The summed E-state index contributed by atoms with van der Waals surface area (Å²) in [4.78, 5) is 16.5. The molecule has 1 amide bonds. The predicted molar refractivity (Wildman–Crippen MR) is 118 cm³/mol. The van der Waals surface area contributed by atoms with Crippen LogP contribution in [-0.4, -0.2) is 23.5 Å². The summed E-state index contributed by atoms with van der Waals surface area (Å²) >= 11 is 12.1. The largest absolute Gasteiger partial charge is 0.441 e. The maximum Gasteiger partial charge on any atom is 0.220 e. The maximum absolute atomic E-state index is 12.3. The van der Waals surface area contributed by atoms with E-state index in [0.717, 1.165) is 24.8 Å². The highest BCUT2D eigenvalue weighted by atomic mass is 35.5. The average Bonchev–Trinajstić information content (AvgIpc) is 3.09. The smallest absolute Gasteiger partial charge is 0.220 e. The number of carbonyl (C=O) groups excluding carboxylic acids is 1. The van der Waals surface area contributed by atoms with E-state index in [1.807, 2.05) is 0 Å². The molecule has 2 aromatic rings.